The van der Waals surface area contributed by atoms with Crippen LogP contribution in [-0.4, -0.2) is 44.9 Å². The maximum absolute atomic E-state index is 12.6. The van der Waals surface area contributed by atoms with Crippen LogP contribution in [0.5, 0.6) is 11.5 Å². The van der Waals surface area contributed by atoms with Crippen LogP contribution in [0.25, 0.3) is 0 Å². The summed E-state index contributed by atoms with van der Waals surface area (Å²) in [4.78, 5) is 22.7. The largest absolute Gasteiger partial charge is 0.496 e. The smallest absolute Gasteiger partial charge is 0.342 e. The van der Waals surface area contributed by atoms with Gasteiger partial charge in [0.05, 0.1) is 26.0 Å². The van der Waals surface area contributed by atoms with Gasteiger partial charge in [-0.05, 0) is 51.6 Å². The second kappa shape index (κ2) is 11.9. The lowest BCUT2D eigenvalue weighted by atomic mass is 9.94. The number of carbonyl (C=O) groups excluding carboxylic acids is 1. The molecule has 0 radical (unpaired) electrons. The van der Waals surface area contributed by atoms with Gasteiger partial charge in [-0.2, -0.15) is 0 Å². The molecule has 1 aliphatic heterocycles. The zero-order chi connectivity index (χ0) is 25.7. The molecule has 0 bridgehead atoms. The molecule has 0 aliphatic carbocycles. The molecule has 0 saturated heterocycles. The summed E-state index contributed by atoms with van der Waals surface area (Å²) < 4.78 is 35.0. The summed E-state index contributed by atoms with van der Waals surface area (Å²) in [5, 5.41) is 0. The van der Waals surface area contributed by atoms with E-state index in [1.54, 1.807) is 14.0 Å². The highest BCUT2D eigenvalue weighted by Crippen LogP contribution is 2.45. The SMILES string of the molecule is CCC(C)OP(=O)(O)CCC(C)=CCc1c(OC)c(C)c2c(c1OCC[Si](C)(C)C)C(=O)OC2. The second-order valence-corrected chi connectivity index (χ2v) is 17.8. The minimum Gasteiger partial charge on any atom is -0.496 e. The molecular formula is C25H41O7PSi. The van der Waals surface area contributed by atoms with Crippen LogP contribution in [0.15, 0.2) is 11.6 Å². The molecule has 1 aromatic carbocycles. The predicted molar refractivity (Wildman–Crippen MR) is 138 cm³/mol. The third-order valence-corrected chi connectivity index (χ3v) is 9.27. The van der Waals surface area contributed by atoms with Crippen LogP contribution in [-0.2, 0) is 26.9 Å². The van der Waals surface area contributed by atoms with E-state index in [0.29, 0.717) is 42.9 Å². The molecule has 192 valence electrons. The molecule has 1 N–H and O–H groups in total. The number of rotatable bonds is 13. The van der Waals surface area contributed by atoms with Gasteiger partial charge in [0.25, 0.3) is 0 Å². The van der Waals surface area contributed by atoms with E-state index in [-0.39, 0.29) is 24.8 Å². The topological polar surface area (TPSA) is 91.3 Å². The van der Waals surface area contributed by atoms with Crippen LogP contribution >= 0.6 is 7.60 Å². The van der Waals surface area contributed by atoms with Crippen LogP contribution < -0.4 is 9.47 Å². The number of benzene rings is 1. The summed E-state index contributed by atoms with van der Waals surface area (Å²) in [7, 11) is -3.36. The molecular weight excluding hydrogens is 471 g/mol. The van der Waals surface area contributed by atoms with Gasteiger partial charge < -0.3 is 23.6 Å². The molecule has 0 aromatic heterocycles. The molecule has 7 nitrogen and oxygen atoms in total. The number of hydrogen-bond acceptors (Lipinski definition) is 6. The fourth-order valence-electron chi connectivity index (χ4n) is 3.73. The van der Waals surface area contributed by atoms with Crippen molar-refractivity contribution >= 4 is 21.6 Å². The fourth-order valence-corrected chi connectivity index (χ4v) is 5.90. The van der Waals surface area contributed by atoms with Crippen molar-refractivity contribution in [3.05, 3.63) is 33.9 Å². The van der Waals surface area contributed by atoms with Gasteiger partial charge in [0.2, 0.25) is 0 Å². The number of cyclic esters (lactones) is 1. The van der Waals surface area contributed by atoms with Gasteiger partial charge in [0.1, 0.15) is 23.7 Å². The first-order valence-electron chi connectivity index (χ1n) is 12.0. The van der Waals surface area contributed by atoms with Gasteiger partial charge in [-0.25, -0.2) is 4.79 Å². The lowest BCUT2D eigenvalue weighted by Gasteiger charge is -2.21. The highest BCUT2D eigenvalue weighted by Gasteiger charge is 2.33. The Kier molecular flexibility index (Phi) is 10.0. The maximum Gasteiger partial charge on any atom is 0.342 e. The summed E-state index contributed by atoms with van der Waals surface area (Å²) in [6.07, 6.45) is 3.39. The van der Waals surface area contributed by atoms with Crippen LogP contribution in [0.3, 0.4) is 0 Å². The molecule has 2 unspecified atom stereocenters. The zero-order valence-electron chi connectivity index (χ0n) is 21.9. The Hall–Kier alpha value is -1.60. The van der Waals surface area contributed by atoms with E-state index < -0.39 is 15.7 Å². The maximum atomic E-state index is 12.6. The van der Waals surface area contributed by atoms with Crippen molar-refractivity contribution in [3.63, 3.8) is 0 Å². The lowest BCUT2D eigenvalue weighted by molar-refractivity contribution is 0.0532. The van der Waals surface area contributed by atoms with Crippen molar-refractivity contribution in [1.29, 1.82) is 0 Å². The van der Waals surface area contributed by atoms with Crippen LogP contribution in [0.4, 0.5) is 0 Å². The Labute approximate surface area is 205 Å². The van der Waals surface area contributed by atoms with Crippen LogP contribution in [0, 0.1) is 6.92 Å². The third-order valence-electron chi connectivity index (χ3n) is 6.09. The van der Waals surface area contributed by atoms with E-state index in [1.807, 2.05) is 26.8 Å². The number of hydrogen-bond donors (Lipinski definition) is 1. The van der Waals surface area contributed by atoms with E-state index >= 15 is 0 Å². The molecule has 0 fully saturated rings. The Morgan fingerprint density at radius 1 is 1.29 bits per heavy atom. The average molecular weight is 513 g/mol. The van der Waals surface area contributed by atoms with Crippen molar-refractivity contribution in [1.82, 2.24) is 0 Å². The first-order chi connectivity index (χ1) is 15.8. The number of ether oxygens (including phenoxy) is 3. The summed E-state index contributed by atoms with van der Waals surface area (Å²) in [6.45, 7) is 15.2. The molecule has 1 heterocycles. The van der Waals surface area contributed by atoms with Crippen LogP contribution in [0.1, 0.15) is 60.7 Å². The summed E-state index contributed by atoms with van der Waals surface area (Å²) in [6, 6.07) is 0.962. The van der Waals surface area contributed by atoms with Crippen LogP contribution in [0.2, 0.25) is 25.7 Å². The minimum absolute atomic E-state index is 0.0614. The zero-order valence-corrected chi connectivity index (χ0v) is 23.8. The van der Waals surface area contributed by atoms with E-state index in [0.717, 1.165) is 28.3 Å². The van der Waals surface area contributed by atoms with Crippen molar-refractivity contribution in [2.24, 2.45) is 0 Å². The molecule has 1 aliphatic rings. The average Bonchev–Trinajstić information content (AvgIpc) is 3.13. The molecule has 0 saturated carbocycles. The third kappa shape index (κ3) is 7.70. The van der Waals surface area contributed by atoms with E-state index in [9.17, 15) is 14.3 Å². The second-order valence-electron chi connectivity index (χ2n) is 10.2. The number of allylic oxidation sites excluding steroid dienone is 2. The minimum atomic E-state index is -3.64. The van der Waals surface area contributed by atoms with Gasteiger partial charge in [0, 0.05) is 19.2 Å². The lowest BCUT2D eigenvalue weighted by Crippen LogP contribution is -2.23. The number of fused-ring (bicyclic) bond motifs is 1. The number of carbonyl (C=O) groups is 1. The Bertz CT molecular complexity index is 965. The van der Waals surface area contributed by atoms with Crippen molar-refractivity contribution in [2.75, 3.05) is 19.9 Å². The first kappa shape index (κ1) is 28.6. The summed E-state index contributed by atoms with van der Waals surface area (Å²) >= 11 is 0. The van der Waals surface area contributed by atoms with Gasteiger partial charge in [-0.15, -0.1) is 0 Å². The Balaban J connectivity index is 2.32. The van der Waals surface area contributed by atoms with E-state index in [1.165, 1.54) is 0 Å². The van der Waals surface area contributed by atoms with Crippen molar-refractivity contribution in [3.8, 4) is 11.5 Å². The fraction of sp³-hybridized carbons (Fsp3) is 0.640. The molecule has 0 amide bonds. The van der Waals surface area contributed by atoms with Gasteiger partial charge >= 0.3 is 13.6 Å². The molecule has 34 heavy (non-hydrogen) atoms. The highest BCUT2D eigenvalue weighted by molar-refractivity contribution is 7.52. The standard InChI is InChI=1S/C25H41O7PSi/c1-9-18(3)32-33(27,28)14-12-17(2)10-11-20-23(29-5)19(4)21-16-31-25(26)22(21)24(20)30-13-15-34(6,7)8/h10,18H,9,11-16H2,1-8H3,(H,27,28). The molecule has 1 aromatic rings. The normalized spacial score (nSPS) is 16.6. The molecule has 2 rings (SSSR count). The van der Waals surface area contributed by atoms with Crippen molar-refractivity contribution < 1.29 is 33.0 Å². The van der Waals surface area contributed by atoms with E-state index in [2.05, 4.69) is 19.6 Å². The monoisotopic (exact) mass is 512 g/mol. The molecule has 2 atom stereocenters. The van der Waals surface area contributed by atoms with Gasteiger partial charge in [-0.1, -0.05) is 38.2 Å². The molecule has 0 spiro atoms. The first-order valence-corrected chi connectivity index (χ1v) is 17.4. The molecule has 9 heteroatoms. The van der Waals surface area contributed by atoms with Gasteiger partial charge in [-0.3, -0.25) is 4.57 Å². The van der Waals surface area contributed by atoms with Crippen molar-refractivity contribution in [2.45, 2.75) is 85.4 Å². The Morgan fingerprint density at radius 2 is 1.97 bits per heavy atom. The summed E-state index contributed by atoms with van der Waals surface area (Å²) in [5.41, 5.74) is 3.95. The highest BCUT2D eigenvalue weighted by atomic mass is 31.2. The predicted octanol–water partition coefficient (Wildman–Crippen LogP) is 6.27. The quantitative estimate of drug-likeness (QED) is 0.144. The number of esters is 1. The Morgan fingerprint density at radius 3 is 2.56 bits per heavy atom. The van der Waals surface area contributed by atoms with E-state index in [4.69, 9.17) is 18.7 Å². The number of methoxy groups -OCH3 is 1. The summed E-state index contributed by atoms with van der Waals surface area (Å²) in [5.74, 6) is 0.862. The van der Waals surface area contributed by atoms with Gasteiger partial charge in [0.15, 0.2) is 0 Å².